The zero-order valence-electron chi connectivity index (χ0n) is 17.3. The summed E-state index contributed by atoms with van der Waals surface area (Å²) >= 11 is 0. The van der Waals surface area contributed by atoms with Crippen LogP contribution in [-0.4, -0.2) is 26.5 Å². The van der Waals surface area contributed by atoms with Crippen molar-refractivity contribution in [3.05, 3.63) is 71.3 Å². The fourth-order valence-corrected chi connectivity index (χ4v) is 5.58. The van der Waals surface area contributed by atoms with E-state index in [1.807, 2.05) is 12.1 Å². The van der Waals surface area contributed by atoms with Gasteiger partial charge in [0.1, 0.15) is 23.9 Å². The van der Waals surface area contributed by atoms with Gasteiger partial charge in [0.25, 0.3) is 0 Å². The van der Waals surface area contributed by atoms with Crippen LogP contribution >= 0.6 is 0 Å². The summed E-state index contributed by atoms with van der Waals surface area (Å²) in [6, 6.07) is 13.9. The number of aromatic nitrogens is 3. The summed E-state index contributed by atoms with van der Waals surface area (Å²) in [5.41, 5.74) is 2.25. The molecule has 31 heavy (non-hydrogen) atoms. The Kier molecular flexibility index (Phi) is 4.31. The number of nitrogens with one attached hydrogen (secondary N) is 1. The van der Waals surface area contributed by atoms with Gasteiger partial charge in [-0.3, -0.25) is 0 Å². The third kappa shape index (κ3) is 2.68. The predicted molar refractivity (Wildman–Crippen MR) is 113 cm³/mol. The molecule has 2 aliphatic carbocycles. The normalized spacial score (nSPS) is 23.8. The highest BCUT2D eigenvalue weighted by molar-refractivity contribution is 5.62. The van der Waals surface area contributed by atoms with Gasteiger partial charge in [-0.25, -0.2) is 9.37 Å². The van der Waals surface area contributed by atoms with Crippen LogP contribution in [0.2, 0.25) is 0 Å². The number of fused-ring (bicyclic) bond motifs is 5. The first-order valence-electron chi connectivity index (χ1n) is 10.3. The van der Waals surface area contributed by atoms with Crippen LogP contribution in [0.1, 0.15) is 49.4 Å². The lowest BCUT2D eigenvalue weighted by Gasteiger charge is -2.41. The van der Waals surface area contributed by atoms with Gasteiger partial charge in [0, 0.05) is 11.8 Å². The van der Waals surface area contributed by atoms with Crippen molar-refractivity contribution in [3.8, 4) is 17.3 Å². The number of pyridine rings is 1. The van der Waals surface area contributed by atoms with Crippen LogP contribution in [0.3, 0.4) is 0 Å². The molecule has 3 aromatic rings. The molecule has 0 spiro atoms. The summed E-state index contributed by atoms with van der Waals surface area (Å²) in [6.07, 6.45) is 2.19. The summed E-state index contributed by atoms with van der Waals surface area (Å²) in [7, 11) is 0. The van der Waals surface area contributed by atoms with Crippen LogP contribution < -0.4 is 5.32 Å². The van der Waals surface area contributed by atoms with Crippen LogP contribution in [0.25, 0.3) is 11.3 Å². The molecule has 3 unspecified atom stereocenters. The van der Waals surface area contributed by atoms with Gasteiger partial charge in [-0.2, -0.15) is 15.5 Å². The lowest BCUT2D eigenvalue weighted by molar-refractivity contribution is 0.0414. The van der Waals surface area contributed by atoms with E-state index in [4.69, 9.17) is 5.26 Å². The van der Waals surface area contributed by atoms with Crippen LogP contribution in [0.5, 0.6) is 0 Å². The molecule has 2 aliphatic rings. The van der Waals surface area contributed by atoms with Crippen molar-refractivity contribution in [3.63, 3.8) is 0 Å². The predicted octanol–water partition coefficient (Wildman–Crippen LogP) is 4.13. The lowest BCUT2D eigenvalue weighted by atomic mass is 9.67. The number of hydrogen-bond donors (Lipinski definition) is 2. The Balaban J connectivity index is 1.55. The quantitative estimate of drug-likeness (QED) is 0.622. The first-order valence-corrected chi connectivity index (χ1v) is 10.3. The Bertz CT molecular complexity index is 1200. The maximum absolute atomic E-state index is 14.3. The molecular weight excluding hydrogens is 393 g/mol. The first kappa shape index (κ1) is 19.6. The molecule has 6 nitrogen and oxygen atoms in total. The molecule has 1 saturated carbocycles. The third-order valence-corrected chi connectivity index (χ3v) is 7.26. The van der Waals surface area contributed by atoms with Crippen LogP contribution in [0, 0.1) is 22.6 Å². The van der Waals surface area contributed by atoms with E-state index in [1.165, 1.54) is 12.3 Å². The largest absolute Gasteiger partial charge is 0.373 e. The van der Waals surface area contributed by atoms with Gasteiger partial charge >= 0.3 is 0 Å². The van der Waals surface area contributed by atoms with E-state index in [9.17, 15) is 9.50 Å². The van der Waals surface area contributed by atoms with Gasteiger partial charge in [0.05, 0.1) is 22.4 Å². The summed E-state index contributed by atoms with van der Waals surface area (Å²) in [5, 5.41) is 32.3. The zero-order valence-corrected chi connectivity index (χ0v) is 17.3. The van der Waals surface area contributed by atoms with Crippen LogP contribution in [0.15, 0.2) is 48.7 Å². The molecule has 156 valence electrons. The van der Waals surface area contributed by atoms with E-state index < -0.39 is 11.6 Å². The molecule has 0 amide bonds. The van der Waals surface area contributed by atoms with E-state index in [-0.39, 0.29) is 17.2 Å². The molecule has 5 rings (SSSR count). The summed E-state index contributed by atoms with van der Waals surface area (Å²) in [5.74, 6) is 0.348. The highest BCUT2D eigenvalue weighted by atomic mass is 19.1. The molecule has 0 radical (unpaired) electrons. The minimum atomic E-state index is -0.942. The second-order valence-electron chi connectivity index (χ2n) is 8.89. The minimum Gasteiger partial charge on any atom is -0.373 e. The van der Waals surface area contributed by atoms with Crippen molar-refractivity contribution in [2.24, 2.45) is 5.41 Å². The van der Waals surface area contributed by atoms with Crippen LogP contribution in [-0.2, 0) is 5.41 Å². The fourth-order valence-electron chi connectivity index (χ4n) is 5.58. The maximum atomic E-state index is 14.3. The monoisotopic (exact) mass is 415 g/mol. The Morgan fingerprint density at radius 1 is 1.23 bits per heavy atom. The van der Waals surface area contributed by atoms with Gasteiger partial charge in [0.2, 0.25) is 0 Å². The molecule has 0 aliphatic heterocycles. The number of anilines is 1. The zero-order chi connectivity index (χ0) is 21.8. The van der Waals surface area contributed by atoms with Gasteiger partial charge in [0.15, 0.2) is 0 Å². The average molecular weight is 415 g/mol. The van der Waals surface area contributed by atoms with Crippen molar-refractivity contribution in [2.45, 2.75) is 44.2 Å². The van der Waals surface area contributed by atoms with Gasteiger partial charge in [-0.1, -0.05) is 26.0 Å². The second kappa shape index (κ2) is 6.82. The SMILES string of the molecule is CC1(C)C2CCC1(C(O)Nc1ccc(C#N)cn1)c1nnc(-c3ccccc3F)cc12. The van der Waals surface area contributed by atoms with Crippen molar-refractivity contribution < 1.29 is 9.50 Å². The number of rotatable bonds is 4. The second-order valence-corrected chi connectivity index (χ2v) is 8.89. The topological polar surface area (TPSA) is 94.7 Å². The number of aliphatic hydroxyl groups excluding tert-OH is 1. The minimum absolute atomic E-state index is 0.189. The molecule has 3 atom stereocenters. The number of halogens is 1. The highest BCUT2D eigenvalue weighted by Gasteiger charge is 2.66. The standard InChI is InChI=1S/C24H22FN5O/c1-23(2)17-9-10-24(23,22(31)28-20-8-7-14(12-26)13-27-20)21-16(17)11-19(29-30-21)15-5-3-4-6-18(15)25/h3-8,11,13,17,22,31H,9-10H2,1-2H3,(H,27,28). The van der Waals surface area contributed by atoms with Gasteiger partial charge in [-0.15, -0.1) is 0 Å². The fraction of sp³-hybridized carbons (Fsp3) is 0.333. The van der Waals surface area contributed by atoms with E-state index >= 15 is 0 Å². The summed E-state index contributed by atoms with van der Waals surface area (Å²) in [6.45, 7) is 4.29. The first-order chi connectivity index (χ1) is 14.9. The Labute approximate surface area is 179 Å². The third-order valence-electron chi connectivity index (χ3n) is 7.26. The summed E-state index contributed by atoms with van der Waals surface area (Å²) in [4.78, 5) is 4.24. The summed E-state index contributed by atoms with van der Waals surface area (Å²) < 4.78 is 14.3. The van der Waals surface area contributed by atoms with Crippen LogP contribution in [0.4, 0.5) is 10.2 Å². The molecule has 1 aromatic carbocycles. The van der Waals surface area contributed by atoms with E-state index in [2.05, 4.69) is 34.3 Å². The van der Waals surface area contributed by atoms with E-state index in [0.29, 0.717) is 22.6 Å². The molecule has 2 aromatic heterocycles. The van der Waals surface area contributed by atoms with Crippen molar-refractivity contribution in [2.75, 3.05) is 5.32 Å². The number of nitrogens with zero attached hydrogens (tertiary/aromatic N) is 4. The molecule has 7 heteroatoms. The number of benzene rings is 1. The van der Waals surface area contributed by atoms with E-state index in [0.717, 1.165) is 24.1 Å². The smallest absolute Gasteiger partial charge is 0.137 e. The molecule has 2 bridgehead atoms. The average Bonchev–Trinajstić information content (AvgIpc) is 3.16. The van der Waals surface area contributed by atoms with Gasteiger partial charge in [-0.05, 0) is 60.1 Å². The molecule has 1 fully saturated rings. The van der Waals surface area contributed by atoms with Crippen molar-refractivity contribution >= 4 is 5.82 Å². The highest BCUT2D eigenvalue weighted by Crippen LogP contribution is 2.68. The lowest BCUT2D eigenvalue weighted by Crippen LogP contribution is -2.50. The Hall–Kier alpha value is -3.37. The Morgan fingerprint density at radius 2 is 2.03 bits per heavy atom. The molecular formula is C24H22FN5O. The molecule has 2 heterocycles. The number of aliphatic hydroxyl groups is 1. The molecule has 0 saturated heterocycles. The Morgan fingerprint density at radius 3 is 2.74 bits per heavy atom. The van der Waals surface area contributed by atoms with E-state index in [1.54, 1.807) is 30.3 Å². The number of hydrogen-bond acceptors (Lipinski definition) is 6. The van der Waals surface area contributed by atoms with Crippen molar-refractivity contribution in [1.29, 1.82) is 5.26 Å². The maximum Gasteiger partial charge on any atom is 0.137 e. The number of nitriles is 1. The van der Waals surface area contributed by atoms with Crippen molar-refractivity contribution in [1.82, 2.24) is 15.2 Å². The van der Waals surface area contributed by atoms with Gasteiger partial charge < -0.3 is 10.4 Å². The molecule has 2 N–H and O–H groups in total.